The summed E-state index contributed by atoms with van der Waals surface area (Å²) in [5.41, 5.74) is 6.01. The lowest BCUT2D eigenvalue weighted by Crippen LogP contribution is -2.33. The van der Waals surface area contributed by atoms with E-state index < -0.39 is 0 Å². The fourth-order valence-corrected chi connectivity index (χ4v) is 7.23. The van der Waals surface area contributed by atoms with Crippen LogP contribution in [0.1, 0.15) is 62.1 Å². The number of carbonyl (C=O) groups is 1. The topological polar surface area (TPSA) is 72.5 Å². The number of carbonyl (C=O) groups excluding carboxylic acids is 1. The zero-order valence-corrected chi connectivity index (χ0v) is 28.6. The van der Waals surface area contributed by atoms with Crippen molar-refractivity contribution in [3.8, 4) is 11.5 Å². The number of hydrogen-bond acceptors (Lipinski definition) is 6. The number of allylic oxidation sites excluding steroid dienone is 2. The largest absolute Gasteiger partial charge is 0.494 e. The number of benzene rings is 4. The molecule has 48 heavy (non-hydrogen) atoms. The van der Waals surface area contributed by atoms with Crippen molar-refractivity contribution in [2.45, 2.75) is 52.4 Å². The van der Waals surface area contributed by atoms with E-state index >= 15 is 0 Å². The second-order valence-corrected chi connectivity index (χ2v) is 14.3. The molecule has 1 aliphatic heterocycles. The van der Waals surface area contributed by atoms with Gasteiger partial charge in [-0.2, -0.15) is 0 Å². The maximum absolute atomic E-state index is 13.7. The van der Waals surface area contributed by atoms with Gasteiger partial charge in [0.25, 0.3) is 0 Å². The zero-order valence-electron chi connectivity index (χ0n) is 27.9. The van der Waals surface area contributed by atoms with Crippen molar-refractivity contribution >= 4 is 44.7 Å². The van der Waals surface area contributed by atoms with Gasteiger partial charge in [-0.15, -0.1) is 0 Å². The Bertz CT molecular complexity index is 2020. The van der Waals surface area contributed by atoms with E-state index in [0.717, 1.165) is 100 Å². The molecule has 4 aromatic carbocycles. The SMILES string of the molecule is Cc1ccc(C2C3=C(CC(C)(C)CC3=O)Oc3ccc4ccc(OCCCNCCCNc5ccnc6cc(Cl)ccc56)cc4c32)cc1. The molecule has 1 unspecified atom stereocenters. The molecule has 0 fully saturated rings. The highest BCUT2D eigenvalue weighted by molar-refractivity contribution is 6.31. The second-order valence-electron chi connectivity index (χ2n) is 13.8. The molecule has 2 heterocycles. The molecule has 0 amide bonds. The van der Waals surface area contributed by atoms with Crippen molar-refractivity contribution in [3.05, 3.63) is 118 Å². The van der Waals surface area contributed by atoms with Gasteiger partial charge < -0.3 is 20.1 Å². The zero-order chi connectivity index (χ0) is 33.3. The minimum atomic E-state index is -0.179. The van der Waals surface area contributed by atoms with Gasteiger partial charge in [-0.1, -0.05) is 67.4 Å². The summed E-state index contributed by atoms with van der Waals surface area (Å²) in [5.74, 6) is 2.47. The van der Waals surface area contributed by atoms with Gasteiger partial charge in [-0.25, -0.2) is 0 Å². The fourth-order valence-electron chi connectivity index (χ4n) is 7.06. The van der Waals surface area contributed by atoms with Crippen LogP contribution in [0.5, 0.6) is 11.5 Å². The number of halogens is 1. The Kier molecular flexibility index (Phi) is 9.13. The standard InChI is InChI=1S/C41H42ClN3O3/c1-26-6-8-28(9-7-26)38-39-32-23-30(13-10-27(32)11-15-36(39)48-37-25-41(2,3)24-35(46)40(37)38)47-21-5-18-43-17-4-19-44-33-16-20-45-34-22-29(42)12-14-31(33)34/h6-16,20,22-23,38,43H,4-5,17-19,21,24-25H2,1-3H3,(H,44,45). The van der Waals surface area contributed by atoms with Gasteiger partial charge in [0, 0.05) is 58.7 Å². The molecule has 1 aromatic heterocycles. The number of aryl methyl sites for hydroxylation is 1. The van der Waals surface area contributed by atoms with Crippen LogP contribution in [-0.2, 0) is 4.79 Å². The number of aromatic nitrogens is 1. The summed E-state index contributed by atoms with van der Waals surface area (Å²) in [5, 5.41) is 11.0. The third-order valence-electron chi connectivity index (χ3n) is 9.41. The first kappa shape index (κ1) is 32.2. The van der Waals surface area contributed by atoms with Gasteiger partial charge in [-0.05, 0) is 97.1 Å². The van der Waals surface area contributed by atoms with E-state index in [1.54, 1.807) is 0 Å². The number of nitrogens with zero attached hydrogens (tertiary/aromatic N) is 1. The van der Waals surface area contributed by atoms with Crippen LogP contribution in [0.3, 0.4) is 0 Å². The van der Waals surface area contributed by atoms with Crippen LogP contribution >= 0.6 is 11.6 Å². The van der Waals surface area contributed by atoms with E-state index in [2.05, 4.69) is 84.9 Å². The van der Waals surface area contributed by atoms with Crippen LogP contribution in [-0.4, -0.2) is 37.0 Å². The van der Waals surface area contributed by atoms with E-state index in [9.17, 15) is 4.79 Å². The molecule has 246 valence electrons. The molecule has 0 radical (unpaired) electrons. The maximum atomic E-state index is 13.7. The molecule has 6 nitrogen and oxygen atoms in total. The monoisotopic (exact) mass is 659 g/mol. The highest BCUT2D eigenvalue weighted by atomic mass is 35.5. The molecular weight excluding hydrogens is 618 g/mol. The van der Waals surface area contributed by atoms with Gasteiger partial charge in [0.2, 0.25) is 0 Å². The number of nitrogens with one attached hydrogen (secondary N) is 2. The summed E-state index contributed by atoms with van der Waals surface area (Å²) in [7, 11) is 0. The summed E-state index contributed by atoms with van der Waals surface area (Å²) in [4.78, 5) is 18.2. The number of pyridine rings is 1. The van der Waals surface area contributed by atoms with Crippen molar-refractivity contribution in [2.24, 2.45) is 5.41 Å². The molecule has 2 N–H and O–H groups in total. The third kappa shape index (κ3) is 6.78. The first-order valence-corrected chi connectivity index (χ1v) is 17.3. The summed E-state index contributed by atoms with van der Waals surface area (Å²) in [6, 6.07) is 26.8. The van der Waals surface area contributed by atoms with Gasteiger partial charge in [-0.3, -0.25) is 9.78 Å². The van der Waals surface area contributed by atoms with Crippen LogP contribution in [0.25, 0.3) is 21.7 Å². The van der Waals surface area contributed by atoms with E-state index in [1.807, 2.05) is 36.5 Å². The van der Waals surface area contributed by atoms with E-state index in [4.69, 9.17) is 21.1 Å². The lowest BCUT2D eigenvalue weighted by Gasteiger charge is -2.38. The predicted molar refractivity (Wildman–Crippen MR) is 195 cm³/mol. The van der Waals surface area contributed by atoms with Gasteiger partial charge in [0.1, 0.15) is 17.3 Å². The molecule has 0 bridgehead atoms. The van der Waals surface area contributed by atoms with Crippen LogP contribution in [0, 0.1) is 12.3 Å². The number of rotatable bonds is 11. The Morgan fingerprint density at radius 1 is 0.917 bits per heavy atom. The first-order valence-electron chi connectivity index (χ1n) is 16.9. The van der Waals surface area contributed by atoms with Crippen molar-refractivity contribution in [1.82, 2.24) is 10.3 Å². The molecular formula is C41H42ClN3O3. The molecule has 0 spiro atoms. The third-order valence-corrected chi connectivity index (χ3v) is 9.65. The van der Waals surface area contributed by atoms with Crippen LogP contribution < -0.4 is 20.1 Å². The number of anilines is 1. The smallest absolute Gasteiger partial charge is 0.163 e. The van der Waals surface area contributed by atoms with Gasteiger partial charge in [0.15, 0.2) is 5.78 Å². The molecule has 0 saturated carbocycles. The van der Waals surface area contributed by atoms with Crippen molar-refractivity contribution in [2.75, 3.05) is 31.6 Å². The Morgan fingerprint density at radius 3 is 2.58 bits per heavy atom. The molecule has 7 heteroatoms. The summed E-state index contributed by atoms with van der Waals surface area (Å²) in [6.07, 6.45) is 4.97. The summed E-state index contributed by atoms with van der Waals surface area (Å²) >= 11 is 6.12. The normalized spacial score (nSPS) is 16.8. The molecule has 5 aromatic rings. The van der Waals surface area contributed by atoms with E-state index in [1.165, 1.54) is 5.56 Å². The van der Waals surface area contributed by atoms with Crippen molar-refractivity contribution in [1.29, 1.82) is 0 Å². The first-order chi connectivity index (χ1) is 23.3. The van der Waals surface area contributed by atoms with Crippen LogP contribution in [0.2, 0.25) is 5.02 Å². The van der Waals surface area contributed by atoms with E-state index in [-0.39, 0.29) is 17.1 Å². The molecule has 0 saturated heterocycles. The highest BCUT2D eigenvalue weighted by Crippen LogP contribution is 2.52. The molecule has 2 aliphatic rings. The number of hydrogen-bond donors (Lipinski definition) is 2. The number of fused-ring (bicyclic) bond motifs is 4. The van der Waals surface area contributed by atoms with Crippen LogP contribution in [0.15, 0.2) is 96.4 Å². The number of Topliss-reactive ketones (excluding diaryl/α,β-unsaturated/α-hetero) is 1. The van der Waals surface area contributed by atoms with E-state index in [0.29, 0.717) is 18.1 Å². The number of ketones is 1. The molecule has 1 aliphatic carbocycles. The maximum Gasteiger partial charge on any atom is 0.163 e. The Morgan fingerprint density at radius 2 is 1.73 bits per heavy atom. The van der Waals surface area contributed by atoms with Gasteiger partial charge in [0.05, 0.1) is 12.1 Å². The Labute approximate surface area is 287 Å². The van der Waals surface area contributed by atoms with Crippen molar-refractivity contribution < 1.29 is 14.3 Å². The minimum Gasteiger partial charge on any atom is -0.494 e. The second kappa shape index (κ2) is 13.6. The lowest BCUT2D eigenvalue weighted by atomic mass is 9.69. The molecule has 1 atom stereocenters. The van der Waals surface area contributed by atoms with Crippen LogP contribution in [0.4, 0.5) is 5.69 Å². The highest BCUT2D eigenvalue weighted by Gasteiger charge is 2.42. The number of ether oxygens (including phenoxy) is 2. The van der Waals surface area contributed by atoms with Gasteiger partial charge >= 0.3 is 0 Å². The minimum absolute atomic E-state index is 0.125. The average Bonchev–Trinajstić information content (AvgIpc) is 3.06. The average molecular weight is 660 g/mol. The summed E-state index contributed by atoms with van der Waals surface area (Å²) < 4.78 is 12.8. The predicted octanol–water partition coefficient (Wildman–Crippen LogP) is 9.38. The summed E-state index contributed by atoms with van der Waals surface area (Å²) in [6.45, 7) is 9.65. The van der Waals surface area contributed by atoms with Crippen molar-refractivity contribution in [3.63, 3.8) is 0 Å². The quantitative estimate of drug-likeness (QED) is 0.138. The Balaban J connectivity index is 0.989. The lowest BCUT2D eigenvalue weighted by molar-refractivity contribution is -0.118. The fraction of sp³-hybridized carbons (Fsp3) is 0.317. The Hall–Kier alpha value is -4.39. The molecule has 7 rings (SSSR count).